The van der Waals surface area contributed by atoms with Crippen LogP contribution in [0.5, 0.6) is 0 Å². The number of hydrogen-bond acceptors (Lipinski definition) is 5. The Kier molecular flexibility index (Phi) is 4.47. The fourth-order valence-electron chi connectivity index (χ4n) is 2.16. The molecule has 0 aliphatic rings. The fraction of sp³-hybridized carbons (Fsp3) is 0.167. The molecule has 116 valence electrons. The van der Waals surface area contributed by atoms with Gasteiger partial charge in [-0.25, -0.2) is 4.98 Å². The lowest BCUT2D eigenvalue weighted by molar-refractivity contribution is -0.142. The number of aromatic nitrogens is 1. The maximum absolute atomic E-state index is 11.8. The van der Waals surface area contributed by atoms with Crippen LogP contribution in [0, 0.1) is 0 Å². The Morgan fingerprint density at radius 2 is 1.74 bits per heavy atom. The highest BCUT2D eigenvalue weighted by molar-refractivity contribution is 5.97. The van der Waals surface area contributed by atoms with Crippen LogP contribution in [0.25, 0.3) is 11.1 Å². The standard InChI is InChI=1S/C18H15NO4/c20-15(13-6-2-1-3-7-13)12-22-18(21)11-10-17-19-14-8-4-5-9-16(14)23-17/h1-9H,10-12H2. The van der Waals surface area contributed by atoms with E-state index in [9.17, 15) is 9.59 Å². The van der Waals surface area contributed by atoms with E-state index < -0.39 is 5.97 Å². The van der Waals surface area contributed by atoms with Crippen molar-refractivity contribution in [1.82, 2.24) is 4.98 Å². The molecule has 0 unspecified atom stereocenters. The number of para-hydroxylation sites is 2. The molecule has 0 atom stereocenters. The number of fused-ring (bicyclic) bond motifs is 1. The molecule has 0 bridgehead atoms. The summed E-state index contributed by atoms with van der Waals surface area (Å²) in [7, 11) is 0. The van der Waals surface area contributed by atoms with Crippen LogP contribution in [0.3, 0.4) is 0 Å². The molecule has 1 aromatic heterocycles. The van der Waals surface area contributed by atoms with Crippen LogP contribution in [0.2, 0.25) is 0 Å². The summed E-state index contributed by atoms with van der Waals surface area (Å²) in [5, 5.41) is 0. The Hall–Kier alpha value is -2.95. The summed E-state index contributed by atoms with van der Waals surface area (Å²) < 4.78 is 10.5. The summed E-state index contributed by atoms with van der Waals surface area (Å²) in [6.45, 7) is -0.254. The van der Waals surface area contributed by atoms with E-state index in [1.54, 1.807) is 24.3 Å². The highest BCUT2D eigenvalue weighted by atomic mass is 16.5. The SMILES string of the molecule is O=C(CCc1nc2ccccc2o1)OCC(=O)c1ccccc1. The highest BCUT2D eigenvalue weighted by Crippen LogP contribution is 2.15. The number of Topliss-reactive ketones (excluding diaryl/α,β-unsaturated/α-hetero) is 1. The predicted octanol–water partition coefficient (Wildman–Crippen LogP) is 3.19. The predicted molar refractivity (Wildman–Crippen MR) is 84.1 cm³/mol. The van der Waals surface area contributed by atoms with E-state index in [1.165, 1.54) is 0 Å². The van der Waals surface area contributed by atoms with Gasteiger partial charge in [0.05, 0.1) is 6.42 Å². The van der Waals surface area contributed by atoms with Gasteiger partial charge < -0.3 is 9.15 Å². The number of carbonyl (C=O) groups is 2. The fourth-order valence-corrected chi connectivity index (χ4v) is 2.16. The average Bonchev–Trinajstić information content (AvgIpc) is 3.01. The summed E-state index contributed by atoms with van der Waals surface area (Å²) in [6.07, 6.45) is 0.460. The molecular weight excluding hydrogens is 294 g/mol. The number of aryl methyl sites for hydroxylation is 1. The zero-order chi connectivity index (χ0) is 16.1. The van der Waals surface area contributed by atoms with Crippen LogP contribution in [0.1, 0.15) is 22.7 Å². The van der Waals surface area contributed by atoms with Gasteiger partial charge in [0, 0.05) is 12.0 Å². The molecule has 0 fully saturated rings. The van der Waals surface area contributed by atoms with Crippen molar-refractivity contribution in [3.8, 4) is 0 Å². The Labute approximate surface area is 132 Å². The molecule has 3 rings (SSSR count). The number of rotatable bonds is 6. The van der Waals surface area contributed by atoms with Crippen LogP contribution in [-0.4, -0.2) is 23.3 Å². The van der Waals surface area contributed by atoms with Gasteiger partial charge in [-0.3, -0.25) is 9.59 Å². The normalized spacial score (nSPS) is 10.6. The quantitative estimate of drug-likeness (QED) is 0.516. The molecule has 2 aromatic carbocycles. The monoisotopic (exact) mass is 309 g/mol. The van der Waals surface area contributed by atoms with Crippen molar-refractivity contribution >= 4 is 22.9 Å². The number of oxazole rings is 1. The van der Waals surface area contributed by atoms with Gasteiger partial charge in [-0.1, -0.05) is 42.5 Å². The minimum atomic E-state index is -0.448. The summed E-state index contributed by atoms with van der Waals surface area (Å²) in [4.78, 5) is 27.8. The molecule has 0 saturated heterocycles. The molecule has 0 saturated carbocycles. The number of nitrogens with zero attached hydrogens (tertiary/aromatic N) is 1. The number of hydrogen-bond donors (Lipinski definition) is 0. The Morgan fingerprint density at radius 3 is 2.52 bits per heavy atom. The third kappa shape index (κ3) is 3.83. The first-order valence-corrected chi connectivity index (χ1v) is 7.31. The van der Waals surface area contributed by atoms with Crippen molar-refractivity contribution in [1.29, 1.82) is 0 Å². The molecule has 3 aromatic rings. The van der Waals surface area contributed by atoms with Gasteiger partial charge in [-0.05, 0) is 12.1 Å². The van der Waals surface area contributed by atoms with E-state index in [1.807, 2.05) is 30.3 Å². The van der Waals surface area contributed by atoms with E-state index in [4.69, 9.17) is 9.15 Å². The molecule has 0 spiro atoms. The molecule has 0 radical (unpaired) electrons. The number of ketones is 1. The Balaban J connectivity index is 1.49. The number of esters is 1. The van der Waals surface area contributed by atoms with Crippen LogP contribution in [-0.2, 0) is 16.0 Å². The third-order valence-corrected chi connectivity index (χ3v) is 3.34. The van der Waals surface area contributed by atoms with Crippen LogP contribution < -0.4 is 0 Å². The largest absolute Gasteiger partial charge is 0.457 e. The van der Waals surface area contributed by atoms with Crippen molar-refractivity contribution < 1.29 is 18.7 Å². The second-order valence-electron chi connectivity index (χ2n) is 5.03. The highest BCUT2D eigenvalue weighted by Gasteiger charge is 2.12. The van der Waals surface area contributed by atoms with Crippen molar-refractivity contribution in [2.24, 2.45) is 0 Å². The van der Waals surface area contributed by atoms with Gasteiger partial charge in [-0.2, -0.15) is 0 Å². The van der Waals surface area contributed by atoms with E-state index in [0.29, 0.717) is 23.5 Å². The second kappa shape index (κ2) is 6.87. The van der Waals surface area contributed by atoms with Gasteiger partial charge in [0.25, 0.3) is 0 Å². The minimum absolute atomic E-state index is 0.120. The lowest BCUT2D eigenvalue weighted by atomic mass is 10.1. The summed E-state index contributed by atoms with van der Waals surface area (Å²) in [6, 6.07) is 16.1. The first kappa shape index (κ1) is 15.0. The van der Waals surface area contributed by atoms with Gasteiger partial charge in [0.1, 0.15) is 5.52 Å². The maximum atomic E-state index is 11.8. The van der Waals surface area contributed by atoms with Gasteiger partial charge in [0.15, 0.2) is 23.9 Å². The van der Waals surface area contributed by atoms with Crippen molar-refractivity contribution in [3.05, 3.63) is 66.1 Å². The lowest BCUT2D eigenvalue weighted by Crippen LogP contribution is -2.14. The smallest absolute Gasteiger partial charge is 0.306 e. The zero-order valence-electron chi connectivity index (χ0n) is 12.4. The van der Waals surface area contributed by atoms with Crippen molar-refractivity contribution in [3.63, 3.8) is 0 Å². The summed E-state index contributed by atoms with van der Waals surface area (Å²) in [5.74, 6) is -0.185. The van der Waals surface area contributed by atoms with Crippen molar-refractivity contribution in [2.75, 3.05) is 6.61 Å². The van der Waals surface area contributed by atoms with Gasteiger partial charge in [0.2, 0.25) is 0 Å². The van der Waals surface area contributed by atoms with Crippen LogP contribution in [0.4, 0.5) is 0 Å². The van der Waals surface area contributed by atoms with Gasteiger partial charge >= 0.3 is 5.97 Å². The molecule has 0 aliphatic heterocycles. The van der Waals surface area contributed by atoms with E-state index in [2.05, 4.69) is 4.98 Å². The maximum Gasteiger partial charge on any atom is 0.306 e. The third-order valence-electron chi connectivity index (χ3n) is 3.34. The van der Waals surface area contributed by atoms with Crippen LogP contribution >= 0.6 is 0 Å². The molecule has 0 aliphatic carbocycles. The van der Waals surface area contributed by atoms with E-state index in [-0.39, 0.29) is 18.8 Å². The number of carbonyl (C=O) groups excluding carboxylic acids is 2. The number of benzene rings is 2. The summed E-state index contributed by atoms with van der Waals surface area (Å²) in [5.41, 5.74) is 1.98. The molecule has 23 heavy (non-hydrogen) atoms. The summed E-state index contributed by atoms with van der Waals surface area (Å²) >= 11 is 0. The second-order valence-corrected chi connectivity index (χ2v) is 5.03. The topological polar surface area (TPSA) is 69.4 Å². The Morgan fingerprint density at radius 1 is 1.00 bits per heavy atom. The van der Waals surface area contributed by atoms with E-state index >= 15 is 0 Å². The molecular formula is C18H15NO4. The lowest BCUT2D eigenvalue weighted by Gasteiger charge is -2.03. The van der Waals surface area contributed by atoms with E-state index in [0.717, 1.165) is 5.52 Å². The molecule has 5 heteroatoms. The first-order valence-electron chi connectivity index (χ1n) is 7.31. The first-order chi connectivity index (χ1) is 11.2. The van der Waals surface area contributed by atoms with Crippen LogP contribution in [0.15, 0.2) is 59.0 Å². The zero-order valence-corrected chi connectivity index (χ0v) is 12.4. The minimum Gasteiger partial charge on any atom is -0.457 e. The number of ether oxygens (including phenoxy) is 1. The average molecular weight is 309 g/mol. The van der Waals surface area contributed by atoms with Crippen molar-refractivity contribution in [2.45, 2.75) is 12.8 Å². The van der Waals surface area contributed by atoms with Gasteiger partial charge in [-0.15, -0.1) is 0 Å². The molecule has 0 amide bonds. The molecule has 1 heterocycles. The molecule has 0 N–H and O–H groups in total. The Bertz CT molecular complexity index is 790. The molecule has 5 nitrogen and oxygen atoms in total.